The molecule has 0 saturated carbocycles. The summed E-state index contributed by atoms with van der Waals surface area (Å²) in [5.74, 6) is 0. The van der Waals surface area contributed by atoms with E-state index in [0.29, 0.717) is 0 Å². The average molecular weight is 366 g/mol. The van der Waals surface area contributed by atoms with Crippen LogP contribution in [0.5, 0.6) is 0 Å². The molecule has 10 heteroatoms. The van der Waals surface area contributed by atoms with Crippen LogP contribution in [-0.4, -0.2) is 106 Å². The number of rotatable bonds is 7. The van der Waals surface area contributed by atoms with E-state index in [1.54, 1.807) is 0 Å². The third-order valence-corrected chi connectivity index (χ3v) is 4.25. The van der Waals surface area contributed by atoms with Crippen molar-refractivity contribution in [3.63, 3.8) is 0 Å². The Hall–Kier alpha value is -0.660. The summed E-state index contributed by atoms with van der Waals surface area (Å²) in [5, 5.41) is 58.4. The van der Waals surface area contributed by atoms with Crippen LogP contribution in [0.2, 0.25) is 0 Å². The van der Waals surface area contributed by atoms with Gasteiger partial charge in [0.25, 0.3) is 0 Å². The highest BCUT2D eigenvalue weighted by Gasteiger charge is 2.47. The summed E-state index contributed by atoms with van der Waals surface area (Å²) in [6.45, 7) is 2.63. The van der Waals surface area contributed by atoms with Crippen molar-refractivity contribution in [2.45, 2.75) is 61.7 Å². The van der Waals surface area contributed by atoms with Gasteiger partial charge in [-0.25, -0.2) is 0 Å². The highest BCUT2D eigenvalue weighted by atomic mass is 16.7. The molecule has 0 aliphatic carbocycles. The van der Waals surface area contributed by atoms with Crippen molar-refractivity contribution in [1.29, 1.82) is 0 Å². The van der Waals surface area contributed by atoms with Crippen LogP contribution in [-0.2, 0) is 18.9 Å². The minimum absolute atomic E-state index is 0.0700. The highest BCUT2D eigenvalue weighted by molar-refractivity contribution is 4.91. The second-order valence-electron chi connectivity index (χ2n) is 6.01. The molecule has 6 N–H and O–H groups in total. The lowest BCUT2D eigenvalue weighted by molar-refractivity contribution is -0.338. The molecule has 2 aliphatic heterocycles. The number of ether oxygens (including phenoxy) is 4. The fraction of sp³-hybridized carbons (Fsp3) is 0.867. The van der Waals surface area contributed by atoms with E-state index in [1.807, 2.05) is 0 Å². The molecular formula is C15H26O10. The molecule has 146 valence electrons. The van der Waals surface area contributed by atoms with Gasteiger partial charge in [-0.3, -0.25) is 0 Å². The molecule has 0 radical (unpaired) electrons. The highest BCUT2D eigenvalue weighted by Crippen LogP contribution is 2.29. The third kappa shape index (κ3) is 4.74. The van der Waals surface area contributed by atoms with Crippen molar-refractivity contribution in [3.05, 3.63) is 12.7 Å². The van der Waals surface area contributed by atoms with Gasteiger partial charge in [-0.1, -0.05) is 6.08 Å². The lowest BCUT2D eigenvalue weighted by Gasteiger charge is -2.44. The minimum Gasteiger partial charge on any atom is -0.394 e. The van der Waals surface area contributed by atoms with Gasteiger partial charge in [0.1, 0.15) is 36.6 Å². The van der Waals surface area contributed by atoms with E-state index in [0.717, 1.165) is 0 Å². The molecule has 0 spiro atoms. The topological polar surface area (TPSA) is 158 Å². The summed E-state index contributed by atoms with van der Waals surface area (Å²) in [4.78, 5) is 0. The summed E-state index contributed by atoms with van der Waals surface area (Å²) in [7, 11) is 0. The number of hydrogen-bond acceptors (Lipinski definition) is 10. The van der Waals surface area contributed by atoms with Crippen molar-refractivity contribution in [2.24, 2.45) is 0 Å². The Balaban J connectivity index is 2.05. The van der Waals surface area contributed by atoms with Crippen LogP contribution in [0.25, 0.3) is 0 Å². The van der Waals surface area contributed by atoms with Gasteiger partial charge in [-0.05, 0) is 0 Å². The fourth-order valence-corrected chi connectivity index (χ4v) is 2.82. The molecular weight excluding hydrogens is 340 g/mol. The van der Waals surface area contributed by atoms with E-state index in [-0.39, 0.29) is 13.0 Å². The van der Waals surface area contributed by atoms with Gasteiger partial charge in [0, 0.05) is 6.42 Å². The zero-order valence-electron chi connectivity index (χ0n) is 13.6. The zero-order chi connectivity index (χ0) is 18.6. The van der Waals surface area contributed by atoms with E-state index in [9.17, 15) is 30.6 Å². The molecule has 2 rings (SSSR count). The monoisotopic (exact) mass is 366 g/mol. The van der Waals surface area contributed by atoms with Gasteiger partial charge < -0.3 is 49.6 Å². The van der Waals surface area contributed by atoms with Crippen LogP contribution in [0.3, 0.4) is 0 Å². The van der Waals surface area contributed by atoms with Crippen LogP contribution in [0, 0.1) is 0 Å². The van der Waals surface area contributed by atoms with Crippen molar-refractivity contribution >= 4 is 0 Å². The van der Waals surface area contributed by atoms with E-state index in [4.69, 9.17) is 18.9 Å². The Morgan fingerprint density at radius 1 is 0.920 bits per heavy atom. The average Bonchev–Trinajstić information content (AvgIpc) is 2.62. The van der Waals surface area contributed by atoms with Crippen LogP contribution in [0.15, 0.2) is 12.7 Å². The van der Waals surface area contributed by atoms with Gasteiger partial charge >= 0.3 is 0 Å². The maximum Gasteiger partial charge on any atom is 0.187 e. The predicted molar refractivity (Wildman–Crippen MR) is 81.2 cm³/mol. The van der Waals surface area contributed by atoms with E-state index >= 15 is 0 Å². The molecule has 0 aromatic rings. The lowest BCUT2D eigenvalue weighted by Crippen LogP contribution is -2.61. The van der Waals surface area contributed by atoms with Crippen LogP contribution in [0.4, 0.5) is 0 Å². The van der Waals surface area contributed by atoms with Crippen molar-refractivity contribution < 1.29 is 49.6 Å². The molecule has 0 bridgehead atoms. The van der Waals surface area contributed by atoms with E-state index in [2.05, 4.69) is 6.58 Å². The first kappa shape index (κ1) is 20.6. The number of hydrogen-bond donors (Lipinski definition) is 6. The maximum absolute atomic E-state index is 10.2. The third-order valence-electron chi connectivity index (χ3n) is 4.25. The molecule has 2 heterocycles. The molecule has 2 saturated heterocycles. The standard InChI is InChI=1S/C15H26O10/c1-2-3-22-10-4-7(11(18)8(5-16)23-10)24-15-14(21)13(20)12(19)9(6-17)25-15/h2,7-21H,1,3-6H2/t7-,8-,9-,10+,11-,12+,13+,14-,15-/m1/s1. The van der Waals surface area contributed by atoms with Crippen molar-refractivity contribution in [1.82, 2.24) is 0 Å². The van der Waals surface area contributed by atoms with Crippen LogP contribution >= 0.6 is 0 Å². The summed E-state index contributed by atoms with van der Waals surface area (Å²) < 4.78 is 21.6. The van der Waals surface area contributed by atoms with Gasteiger partial charge in [-0.15, -0.1) is 6.58 Å². The SMILES string of the molecule is C=CCO[C@@H]1C[C@@H](O[C@@H]2O[C@H](CO)[C@H](O)[C@H](O)[C@H]2O)[C@@H](O)[C@@H](CO)O1. The molecule has 10 nitrogen and oxygen atoms in total. The molecule has 2 aliphatic rings. The zero-order valence-corrected chi connectivity index (χ0v) is 13.6. The summed E-state index contributed by atoms with van der Waals surface area (Å²) in [5.41, 5.74) is 0. The van der Waals surface area contributed by atoms with Gasteiger partial charge in [0.2, 0.25) is 0 Å². The first-order valence-electron chi connectivity index (χ1n) is 8.05. The lowest BCUT2D eigenvalue weighted by atomic mass is 9.98. The first-order chi connectivity index (χ1) is 11.9. The minimum atomic E-state index is -1.59. The van der Waals surface area contributed by atoms with Gasteiger partial charge in [-0.2, -0.15) is 0 Å². The Morgan fingerprint density at radius 3 is 2.16 bits per heavy atom. The Morgan fingerprint density at radius 2 is 1.56 bits per heavy atom. The van der Waals surface area contributed by atoms with Crippen molar-refractivity contribution in [2.75, 3.05) is 19.8 Å². The Bertz CT molecular complexity index is 419. The normalized spacial score (nSPS) is 45.3. The van der Waals surface area contributed by atoms with Gasteiger partial charge in [0.05, 0.1) is 25.9 Å². The molecule has 25 heavy (non-hydrogen) atoms. The fourth-order valence-electron chi connectivity index (χ4n) is 2.82. The number of aliphatic hydroxyl groups excluding tert-OH is 6. The van der Waals surface area contributed by atoms with Gasteiger partial charge in [0.15, 0.2) is 12.6 Å². The summed E-state index contributed by atoms with van der Waals surface area (Å²) in [6, 6.07) is 0. The maximum atomic E-state index is 10.2. The van der Waals surface area contributed by atoms with E-state index in [1.165, 1.54) is 6.08 Å². The van der Waals surface area contributed by atoms with Crippen LogP contribution < -0.4 is 0 Å². The molecule has 0 amide bonds. The Labute approximate surface area is 144 Å². The van der Waals surface area contributed by atoms with E-state index < -0.39 is 68.5 Å². The molecule has 9 atom stereocenters. The smallest absolute Gasteiger partial charge is 0.187 e. The molecule has 0 aromatic heterocycles. The largest absolute Gasteiger partial charge is 0.394 e. The summed E-state index contributed by atoms with van der Waals surface area (Å²) >= 11 is 0. The quantitative estimate of drug-likeness (QED) is 0.254. The first-order valence-corrected chi connectivity index (χ1v) is 8.05. The Kier molecular flexibility index (Phi) is 7.70. The predicted octanol–water partition coefficient (Wildman–Crippen LogP) is -3.16. The molecule has 0 unspecified atom stereocenters. The molecule has 2 fully saturated rings. The second kappa shape index (κ2) is 9.33. The van der Waals surface area contributed by atoms with Crippen LogP contribution in [0.1, 0.15) is 6.42 Å². The second-order valence-corrected chi connectivity index (χ2v) is 6.01. The summed E-state index contributed by atoms with van der Waals surface area (Å²) in [6.07, 6.45) is -9.56. The molecule has 0 aromatic carbocycles. The van der Waals surface area contributed by atoms with Crippen molar-refractivity contribution in [3.8, 4) is 0 Å². The number of aliphatic hydroxyl groups is 6.